The number of pyridine rings is 1. The molecule has 3 aromatic carbocycles. The Labute approximate surface area is 305 Å². The first-order chi connectivity index (χ1) is 24.8. The Bertz CT molecular complexity index is 1970. The Hall–Kier alpha value is -4.85. The summed E-state index contributed by atoms with van der Waals surface area (Å²) in [5.41, 5.74) is 2.06. The summed E-state index contributed by atoms with van der Waals surface area (Å²) in [6.07, 6.45) is -1.16. The van der Waals surface area contributed by atoms with Crippen LogP contribution >= 0.6 is 0 Å². The van der Waals surface area contributed by atoms with Crippen molar-refractivity contribution in [2.45, 2.75) is 63.7 Å². The summed E-state index contributed by atoms with van der Waals surface area (Å²) in [7, 11) is -2.56. The number of para-hydroxylation sites is 1. The smallest absolute Gasteiger partial charge is 0.325 e. The van der Waals surface area contributed by atoms with Crippen LogP contribution in [0, 0.1) is 17.8 Å². The number of urea groups is 1. The van der Waals surface area contributed by atoms with Crippen molar-refractivity contribution in [3.63, 3.8) is 0 Å². The van der Waals surface area contributed by atoms with E-state index in [1.165, 1.54) is 23.5 Å². The van der Waals surface area contributed by atoms with E-state index in [1.54, 1.807) is 32.0 Å². The average molecular weight is 730 g/mol. The quantitative estimate of drug-likeness (QED) is 0.144. The van der Waals surface area contributed by atoms with Crippen LogP contribution in [0.15, 0.2) is 95.9 Å². The third-order valence-electron chi connectivity index (χ3n) is 9.16. The summed E-state index contributed by atoms with van der Waals surface area (Å²) in [4.78, 5) is 46.8. The molecule has 1 aliphatic rings. The van der Waals surface area contributed by atoms with E-state index < -0.39 is 57.9 Å². The molecule has 13 heteroatoms. The molecule has 52 heavy (non-hydrogen) atoms. The number of hydrogen-bond donors (Lipinski definition) is 3. The highest BCUT2D eigenvalue weighted by Gasteiger charge is 2.47. The van der Waals surface area contributed by atoms with Gasteiger partial charge in [-0.1, -0.05) is 82.3 Å². The van der Waals surface area contributed by atoms with Gasteiger partial charge in [0.2, 0.25) is 15.9 Å². The lowest BCUT2D eigenvalue weighted by Crippen LogP contribution is -2.55. The Morgan fingerprint density at radius 3 is 2.27 bits per heavy atom. The Kier molecular flexibility index (Phi) is 12.3. The average Bonchev–Trinajstić information content (AvgIpc) is 3.38. The van der Waals surface area contributed by atoms with Gasteiger partial charge < -0.3 is 20.5 Å². The van der Waals surface area contributed by atoms with Crippen molar-refractivity contribution in [2.75, 3.05) is 20.2 Å². The number of carbonyl (C=O) groups is 3. The van der Waals surface area contributed by atoms with Crippen molar-refractivity contribution in [3.8, 4) is 5.75 Å². The lowest BCUT2D eigenvalue weighted by molar-refractivity contribution is -0.136. The lowest BCUT2D eigenvalue weighted by Gasteiger charge is -2.32. The molecule has 3 N–H and O–H groups in total. The van der Waals surface area contributed by atoms with Crippen molar-refractivity contribution in [1.29, 1.82) is 0 Å². The number of nitrogens with zero attached hydrogens (tertiary/aromatic N) is 3. The molecule has 4 atom stereocenters. The van der Waals surface area contributed by atoms with Crippen molar-refractivity contribution >= 4 is 38.8 Å². The topological polar surface area (TPSA) is 158 Å². The van der Waals surface area contributed by atoms with Gasteiger partial charge in [0.15, 0.2) is 0 Å². The number of ether oxygens (including phenoxy) is 1. The van der Waals surface area contributed by atoms with E-state index in [0.717, 1.165) is 21.4 Å². The van der Waals surface area contributed by atoms with Gasteiger partial charge in [-0.2, -0.15) is 4.31 Å². The first kappa shape index (κ1) is 38.4. The van der Waals surface area contributed by atoms with Crippen LogP contribution < -0.4 is 15.4 Å². The van der Waals surface area contributed by atoms with Crippen molar-refractivity contribution in [1.82, 2.24) is 24.8 Å². The number of aliphatic hydroxyl groups is 1. The number of imide groups is 1. The maximum Gasteiger partial charge on any atom is 0.325 e. The number of benzene rings is 3. The number of methoxy groups -OCH3 is 1. The molecule has 1 saturated heterocycles. The van der Waals surface area contributed by atoms with E-state index in [0.29, 0.717) is 11.4 Å². The molecule has 276 valence electrons. The second kappa shape index (κ2) is 16.7. The molecule has 0 aliphatic carbocycles. The molecule has 0 radical (unpaired) electrons. The number of fused-ring (bicyclic) bond motifs is 1. The predicted octanol–water partition coefficient (Wildman–Crippen LogP) is 4.37. The first-order valence-corrected chi connectivity index (χ1v) is 18.9. The van der Waals surface area contributed by atoms with Crippen LogP contribution in [0.1, 0.15) is 39.0 Å². The van der Waals surface area contributed by atoms with E-state index in [1.807, 2.05) is 74.5 Å². The van der Waals surface area contributed by atoms with E-state index in [-0.39, 0.29) is 36.9 Å². The first-order valence-electron chi connectivity index (χ1n) is 17.4. The summed E-state index contributed by atoms with van der Waals surface area (Å²) < 4.78 is 34.2. The number of aliphatic hydroxyl groups excluding tert-OH is 1. The zero-order chi connectivity index (χ0) is 37.6. The van der Waals surface area contributed by atoms with Crippen LogP contribution in [0.2, 0.25) is 0 Å². The van der Waals surface area contributed by atoms with Gasteiger partial charge in [0.1, 0.15) is 11.8 Å². The van der Waals surface area contributed by atoms with Crippen LogP contribution in [0.4, 0.5) is 4.79 Å². The molecule has 0 spiro atoms. The van der Waals surface area contributed by atoms with Crippen molar-refractivity contribution in [3.05, 3.63) is 102 Å². The minimum atomic E-state index is -4.05. The highest BCUT2D eigenvalue weighted by Crippen LogP contribution is 2.26. The number of hydrogen-bond acceptors (Lipinski definition) is 8. The van der Waals surface area contributed by atoms with Gasteiger partial charge in [0.05, 0.1) is 47.8 Å². The van der Waals surface area contributed by atoms with Gasteiger partial charge in [0.25, 0.3) is 5.91 Å². The summed E-state index contributed by atoms with van der Waals surface area (Å²) in [6.45, 7) is 7.08. The number of nitrogens with one attached hydrogen (secondary N) is 2. The molecule has 12 nitrogen and oxygen atoms in total. The number of aromatic nitrogens is 1. The molecule has 4 aromatic rings. The predicted molar refractivity (Wildman–Crippen MR) is 198 cm³/mol. The third kappa shape index (κ3) is 8.95. The Morgan fingerprint density at radius 1 is 0.942 bits per heavy atom. The van der Waals surface area contributed by atoms with Gasteiger partial charge in [-0.05, 0) is 60.2 Å². The van der Waals surface area contributed by atoms with Gasteiger partial charge >= 0.3 is 6.03 Å². The zero-order valence-corrected chi connectivity index (χ0v) is 30.9. The highest BCUT2D eigenvalue weighted by atomic mass is 32.2. The normalized spacial score (nSPS) is 16.7. The molecule has 2 heterocycles. The van der Waals surface area contributed by atoms with E-state index >= 15 is 0 Å². The number of rotatable bonds is 16. The van der Waals surface area contributed by atoms with Crippen LogP contribution in [-0.4, -0.2) is 83.9 Å². The zero-order valence-electron chi connectivity index (χ0n) is 30.1. The molecule has 1 unspecified atom stereocenters. The van der Waals surface area contributed by atoms with Crippen LogP contribution in [-0.2, 0) is 32.6 Å². The minimum Gasteiger partial charge on any atom is -0.497 e. The number of sulfonamides is 1. The number of carbonyl (C=O) groups excluding carboxylic acids is 3. The molecule has 4 amide bonds. The maximum absolute atomic E-state index is 14.2. The van der Waals surface area contributed by atoms with Crippen LogP contribution in [0.25, 0.3) is 10.9 Å². The second-order valence-corrected chi connectivity index (χ2v) is 15.8. The fourth-order valence-corrected chi connectivity index (χ4v) is 8.09. The fraction of sp³-hybridized carbons (Fsp3) is 0.385. The Balaban J connectivity index is 1.37. The van der Waals surface area contributed by atoms with Gasteiger partial charge in [0, 0.05) is 18.5 Å². The second-order valence-electron chi connectivity index (χ2n) is 13.9. The standard InChI is InChI=1S/C39H47N5O7S/c1-25(2)22-43(52(49,50)31-19-17-30(51-5)18-20-31)24-34(45)33(21-27-11-7-6-8-12-27)41-37(46)35(26(3)4)36-38(47)44(39(48)42-36)23-29-16-15-28-13-9-10-14-32(28)40-29/h6-20,25-26,33-36,45H,21-24H2,1-5H3,(H,41,46)(H,42,48)/t33-,34+,35-,36?/m0/s1. The summed E-state index contributed by atoms with van der Waals surface area (Å²) in [5.74, 6) is -2.06. The van der Waals surface area contributed by atoms with Gasteiger partial charge in [-0.25, -0.2) is 13.2 Å². The Morgan fingerprint density at radius 2 is 1.62 bits per heavy atom. The minimum absolute atomic E-state index is 0.0450. The SMILES string of the molecule is COc1ccc(S(=O)(=O)N(CC(C)C)C[C@@H](O)[C@H](Cc2ccccc2)NC(=O)[C@@H](C(C)C)C2NC(=O)N(Cc3ccc4ccccc4n3)C2=O)cc1. The van der Waals surface area contributed by atoms with Crippen molar-refractivity contribution < 1.29 is 32.6 Å². The molecule has 1 aromatic heterocycles. The third-order valence-corrected chi connectivity index (χ3v) is 11.0. The maximum atomic E-state index is 14.2. The van der Waals surface area contributed by atoms with Crippen LogP contribution in [0.5, 0.6) is 5.75 Å². The summed E-state index contributed by atoms with van der Waals surface area (Å²) in [6, 6.07) is 23.7. The molecular formula is C39H47N5O7S. The molecule has 0 bridgehead atoms. The van der Waals surface area contributed by atoms with Crippen LogP contribution in [0.3, 0.4) is 0 Å². The molecule has 5 rings (SSSR count). The fourth-order valence-electron chi connectivity index (χ4n) is 6.47. The molecular weight excluding hydrogens is 683 g/mol. The van der Waals surface area contributed by atoms with Gasteiger partial charge in [-0.3, -0.25) is 19.5 Å². The highest BCUT2D eigenvalue weighted by molar-refractivity contribution is 7.89. The van der Waals surface area contributed by atoms with Crippen molar-refractivity contribution in [2.24, 2.45) is 17.8 Å². The monoisotopic (exact) mass is 729 g/mol. The van der Waals surface area contributed by atoms with E-state index in [2.05, 4.69) is 15.6 Å². The lowest BCUT2D eigenvalue weighted by atomic mass is 9.86. The molecule has 1 fully saturated rings. The molecule has 1 aliphatic heterocycles. The number of amides is 4. The van der Waals surface area contributed by atoms with Gasteiger partial charge in [-0.15, -0.1) is 0 Å². The van der Waals surface area contributed by atoms with E-state index in [4.69, 9.17) is 4.74 Å². The summed E-state index contributed by atoms with van der Waals surface area (Å²) >= 11 is 0. The van der Waals surface area contributed by atoms with E-state index in [9.17, 15) is 27.9 Å². The molecule has 0 saturated carbocycles. The summed E-state index contributed by atoms with van der Waals surface area (Å²) in [5, 5.41) is 18.4. The largest absolute Gasteiger partial charge is 0.497 e.